The van der Waals surface area contributed by atoms with Gasteiger partial charge in [-0.2, -0.15) is 0 Å². The Morgan fingerprint density at radius 3 is 2.21 bits per heavy atom. The van der Waals surface area contributed by atoms with Crippen LogP contribution in [0.5, 0.6) is 0 Å². The first-order valence-electron chi connectivity index (χ1n) is 10.7. The summed E-state index contributed by atoms with van der Waals surface area (Å²) in [6.45, 7) is 13.8. The van der Waals surface area contributed by atoms with Crippen molar-refractivity contribution in [1.82, 2.24) is 14.7 Å². The van der Waals surface area contributed by atoms with Gasteiger partial charge in [-0.25, -0.2) is 0 Å². The maximum atomic E-state index is 2.84. The fraction of sp³-hybridized carbons (Fsp3) is 1.00. The van der Waals surface area contributed by atoms with Gasteiger partial charge in [0.15, 0.2) is 0 Å². The van der Waals surface area contributed by atoms with Crippen molar-refractivity contribution in [3.8, 4) is 0 Å². The molecule has 0 aromatic carbocycles. The number of hydrogen-bond donors (Lipinski definition) is 0. The Labute approximate surface area is 150 Å². The first kappa shape index (κ1) is 18.7. The van der Waals surface area contributed by atoms with Crippen molar-refractivity contribution >= 4 is 0 Å². The summed E-state index contributed by atoms with van der Waals surface area (Å²) in [4.78, 5) is 8.19. The lowest BCUT2D eigenvalue weighted by Gasteiger charge is -2.39. The standard InChI is InChI=1S/C21H41N3/c1-17(2)23-13-10-20(11-14-23)22(4)15-19-9-12-24(16-19)21-7-5-18(3)6-8-21/h17-21H,5-16H2,1-4H3. The number of likely N-dealkylation sites (tertiary alicyclic amines) is 2. The highest BCUT2D eigenvalue weighted by Gasteiger charge is 2.32. The van der Waals surface area contributed by atoms with Crippen molar-refractivity contribution in [2.75, 3.05) is 39.8 Å². The van der Waals surface area contributed by atoms with Crippen LogP contribution < -0.4 is 0 Å². The molecular formula is C21H41N3. The summed E-state index contributed by atoms with van der Waals surface area (Å²) >= 11 is 0. The van der Waals surface area contributed by atoms with Crippen LogP contribution in [0.1, 0.15) is 65.7 Å². The van der Waals surface area contributed by atoms with E-state index in [2.05, 4.69) is 42.5 Å². The van der Waals surface area contributed by atoms with Crippen molar-refractivity contribution in [2.45, 2.75) is 83.8 Å². The van der Waals surface area contributed by atoms with E-state index in [0.717, 1.165) is 30.0 Å². The molecule has 1 atom stereocenters. The molecule has 3 heteroatoms. The summed E-state index contributed by atoms with van der Waals surface area (Å²) < 4.78 is 0. The zero-order valence-corrected chi connectivity index (χ0v) is 16.7. The van der Waals surface area contributed by atoms with Gasteiger partial charge in [0, 0.05) is 31.2 Å². The van der Waals surface area contributed by atoms with Crippen LogP contribution in [-0.2, 0) is 0 Å². The van der Waals surface area contributed by atoms with Crippen molar-refractivity contribution in [3.05, 3.63) is 0 Å². The maximum absolute atomic E-state index is 2.84. The van der Waals surface area contributed by atoms with E-state index < -0.39 is 0 Å². The summed E-state index contributed by atoms with van der Waals surface area (Å²) in [7, 11) is 2.39. The second-order valence-corrected chi connectivity index (χ2v) is 9.36. The van der Waals surface area contributed by atoms with E-state index in [0.29, 0.717) is 0 Å². The quantitative estimate of drug-likeness (QED) is 0.758. The summed E-state index contributed by atoms with van der Waals surface area (Å²) in [5.74, 6) is 1.89. The van der Waals surface area contributed by atoms with E-state index in [1.807, 2.05) is 0 Å². The summed E-state index contributed by atoms with van der Waals surface area (Å²) in [5.41, 5.74) is 0. The molecule has 2 saturated heterocycles. The molecule has 0 radical (unpaired) electrons. The van der Waals surface area contributed by atoms with Gasteiger partial charge in [0.05, 0.1) is 0 Å². The van der Waals surface area contributed by atoms with Crippen LogP contribution in [0, 0.1) is 11.8 Å². The van der Waals surface area contributed by atoms with Gasteiger partial charge in [0.1, 0.15) is 0 Å². The molecule has 3 rings (SSSR count). The number of rotatable bonds is 5. The largest absolute Gasteiger partial charge is 0.303 e. The van der Waals surface area contributed by atoms with Gasteiger partial charge < -0.3 is 14.7 Å². The van der Waals surface area contributed by atoms with Crippen LogP contribution in [0.2, 0.25) is 0 Å². The molecule has 24 heavy (non-hydrogen) atoms. The predicted molar refractivity (Wildman–Crippen MR) is 103 cm³/mol. The third-order valence-corrected chi connectivity index (χ3v) is 7.22. The lowest BCUT2D eigenvalue weighted by Crippen LogP contribution is -2.47. The van der Waals surface area contributed by atoms with Gasteiger partial charge in [0.25, 0.3) is 0 Å². The van der Waals surface area contributed by atoms with Crippen LogP contribution in [-0.4, -0.2) is 72.6 Å². The average molecular weight is 336 g/mol. The minimum Gasteiger partial charge on any atom is -0.303 e. The molecule has 2 aliphatic heterocycles. The number of piperidine rings is 1. The smallest absolute Gasteiger partial charge is 0.0117 e. The molecule has 3 aliphatic rings. The van der Waals surface area contributed by atoms with Gasteiger partial charge in [0.2, 0.25) is 0 Å². The average Bonchev–Trinajstić information content (AvgIpc) is 3.04. The number of nitrogens with zero attached hydrogens (tertiary/aromatic N) is 3. The van der Waals surface area contributed by atoms with Gasteiger partial charge >= 0.3 is 0 Å². The minimum absolute atomic E-state index is 0.720. The van der Waals surface area contributed by atoms with Gasteiger partial charge in [-0.1, -0.05) is 6.92 Å². The molecule has 0 spiro atoms. The Balaban J connectivity index is 1.39. The van der Waals surface area contributed by atoms with Crippen LogP contribution in [0.3, 0.4) is 0 Å². The molecule has 0 N–H and O–H groups in total. The van der Waals surface area contributed by atoms with Crippen LogP contribution >= 0.6 is 0 Å². The number of hydrogen-bond acceptors (Lipinski definition) is 3. The topological polar surface area (TPSA) is 9.72 Å². The second-order valence-electron chi connectivity index (χ2n) is 9.36. The van der Waals surface area contributed by atoms with Gasteiger partial charge in [-0.3, -0.25) is 0 Å². The zero-order valence-electron chi connectivity index (χ0n) is 16.7. The Morgan fingerprint density at radius 2 is 1.58 bits per heavy atom. The highest BCUT2D eigenvalue weighted by Crippen LogP contribution is 2.31. The molecule has 0 bridgehead atoms. The van der Waals surface area contributed by atoms with Crippen molar-refractivity contribution in [3.63, 3.8) is 0 Å². The van der Waals surface area contributed by atoms with Gasteiger partial charge in [-0.15, -0.1) is 0 Å². The first-order chi connectivity index (χ1) is 11.5. The fourth-order valence-corrected chi connectivity index (χ4v) is 5.35. The Kier molecular flexibility index (Phi) is 6.62. The predicted octanol–water partition coefficient (Wildman–Crippen LogP) is 3.69. The third-order valence-electron chi connectivity index (χ3n) is 7.22. The third kappa shape index (κ3) is 4.74. The van der Waals surface area contributed by atoms with Crippen LogP contribution in [0.25, 0.3) is 0 Å². The molecule has 1 unspecified atom stereocenters. The molecule has 3 nitrogen and oxygen atoms in total. The van der Waals surface area contributed by atoms with Crippen molar-refractivity contribution < 1.29 is 0 Å². The van der Waals surface area contributed by atoms with E-state index >= 15 is 0 Å². The molecule has 1 aliphatic carbocycles. The molecule has 0 amide bonds. The summed E-state index contributed by atoms with van der Waals surface area (Å²) in [5, 5.41) is 0. The molecular weight excluding hydrogens is 294 g/mol. The fourth-order valence-electron chi connectivity index (χ4n) is 5.35. The monoisotopic (exact) mass is 335 g/mol. The van der Waals surface area contributed by atoms with E-state index in [-0.39, 0.29) is 0 Å². The summed E-state index contributed by atoms with van der Waals surface area (Å²) in [6, 6.07) is 2.45. The van der Waals surface area contributed by atoms with Crippen LogP contribution in [0.4, 0.5) is 0 Å². The second kappa shape index (κ2) is 8.51. The maximum Gasteiger partial charge on any atom is 0.0117 e. The molecule has 0 aromatic heterocycles. The summed E-state index contributed by atoms with van der Waals surface area (Å²) in [6.07, 6.45) is 9.99. The minimum atomic E-state index is 0.720. The molecule has 3 fully saturated rings. The SMILES string of the molecule is CC1CCC(N2CCC(CN(C)C3CCN(C(C)C)CC3)C2)CC1. The molecule has 140 valence electrons. The Morgan fingerprint density at radius 1 is 0.917 bits per heavy atom. The Hall–Kier alpha value is -0.120. The highest BCUT2D eigenvalue weighted by molar-refractivity contribution is 4.87. The molecule has 1 saturated carbocycles. The highest BCUT2D eigenvalue weighted by atomic mass is 15.2. The van der Waals surface area contributed by atoms with Crippen molar-refractivity contribution in [2.24, 2.45) is 11.8 Å². The van der Waals surface area contributed by atoms with Crippen molar-refractivity contribution in [1.29, 1.82) is 0 Å². The molecule has 2 heterocycles. The molecule has 0 aromatic rings. The van der Waals surface area contributed by atoms with E-state index in [1.165, 1.54) is 77.7 Å². The normalized spacial score (nSPS) is 34.5. The van der Waals surface area contributed by atoms with E-state index in [1.54, 1.807) is 0 Å². The lowest BCUT2D eigenvalue weighted by atomic mass is 9.87. The Bertz CT molecular complexity index is 367. The van der Waals surface area contributed by atoms with Gasteiger partial charge in [-0.05, 0) is 97.3 Å². The van der Waals surface area contributed by atoms with E-state index in [9.17, 15) is 0 Å². The van der Waals surface area contributed by atoms with E-state index in [4.69, 9.17) is 0 Å². The first-order valence-corrected chi connectivity index (χ1v) is 10.7. The zero-order chi connectivity index (χ0) is 17.1. The van der Waals surface area contributed by atoms with Crippen LogP contribution in [0.15, 0.2) is 0 Å². The lowest BCUT2D eigenvalue weighted by molar-refractivity contribution is 0.0964.